The second-order valence-corrected chi connectivity index (χ2v) is 10.8. The Morgan fingerprint density at radius 1 is 1.10 bits per heavy atom. The molecule has 0 unspecified atom stereocenters. The molecule has 0 N–H and O–H groups in total. The fourth-order valence-electron chi connectivity index (χ4n) is 2.69. The molecule has 1 aliphatic rings. The van der Waals surface area contributed by atoms with E-state index < -0.39 is 30.2 Å². The van der Waals surface area contributed by atoms with Crippen LogP contribution in [0.5, 0.6) is 0 Å². The molecule has 0 saturated carbocycles. The summed E-state index contributed by atoms with van der Waals surface area (Å²) in [6.45, 7) is 3.16. The van der Waals surface area contributed by atoms with Gasteiger partial charge in [-0.3, -0.25) is 0 Å². The highest BCUT2D eigenvalue weighted by molar-refractivity contribution is 7.95. The smallest absolute Gasteiger partial charge is 0.158 e. The van der Waals surface area contributed by atoms with E-state index in [2.05, 4.69) is 0 Å². The lowest BCUT2D eigenvalue weighted by Crippen LogP contribution is -2.28. The number of rotatable bonds is 5. The summed E-state index contributed by atoms with van der Waals surface area (Å²) in [5.74, 6) is -0.571. The third kappa shape index (κ3) is 3.66. The molecule has 6 heteroatoms. The van der Waals surface area contributed by atoms with Gasteiger partial charge in [-0.05, 0) is 44.2 Å². The monoisotopic (exact) mass is 330 g/mol. The Hall–Kier alpha value is -0.880. The third-order valence-electron chi connectivity index (χ3n) is 4.12. The Kier molecular flexibility index (Phi) is 4.78. The summed E-state index contributed by atoms with van der Waals surface area (Å²) in [5, 5.41) is -1.09. The average Bonchev–Trinajstić information content (AvgIpc) is 2.44. The van der Waals surface area contributed by atoms with Gasteiger partial charge in [-0.1, -0.05) is 24.3 Å². The lowest BCUT2D eigenvalue weighted by Gasteiger charge is -2.25. The van der Waals surface area contributed by atoms with E-state index >= 15 is 0 Å². The molecule has 0 aromatic heterocycles. The van der Waals surface area contributed by atoms with Crippen molar-refractivity contribution in [1.82, 2.24) is 0 Å². The Morgan fingerprint density at radius 3 is 2.43 bits per heavy atom. The molecule has 4 nitrogen and oxygen atoms in total. The number of sulfone groups is 2. The molecule has 2 rings (SSSR count). The van der Waals surface area contributed by atoms with Crippen LogP contribution in [0.4, 0.5) is 0 Å². The number of benzene rings is 1. The number of hydrogen-bond donors (Lipinski definition) is 0. The van der Waals surface area contributed by atoms with Gasteiger partial charge < -0.3 is 0 Å². The zero-order chi connectivity index (χ0) is 15.7. The molecule has 1 aromatic rings. The summed E-state index contributed by atoms with van der Waals surface area (Å²) in [6.07, 6.45) is 2.31. The van der Waals surface area contributed by atoms with Gasteiger partial charge in [0.15, 0.2) is 19.7 Å². The van der Waals surface area contributed by atoms with Crippen LogP contribution >= 0.6 is 0 Å². The Bertz CT molecular complexity index is 703. The summed E-state index contributed by atoms with van der Waals surface area (Å²) in [7, 11) is -6.77. The van der Waals surface area contributed by atoms with Crippen molar-refractivity contribution in [1.29, 1.82) is 0 Å². The highest BCUT2D eigenvalue weighted by Gasteiger charge is 2.32. The molecule has 118 valence electrons. The Morgan fingerprint density at radius 2 is 1.76 bits per heavy atom. The maximum absolute atomic E-state index is 12.6. The van der Waals surface area contributed by atoms with Crippen molar-refractivity contribution in [3.63, 3.8) is 0 Å². The van der Waals surface area contributed by atoms with E-state index in [1.165, 1.54) is 0 Å². The van der Waals surface area contributed by atoms with Crippen LogP contribution in [0.1, 0.15) is 43.1 Å². The predicted octanol–water partition coefficient (Wildman–Crippen LogP) is 2.30. The van der Waals surface area contributed by atoms with Crippen LogP contribution < -0.4 is 0 Å². The summed E-state index contributed by atoms with van der Waals surface area (Å²) in [6, 6.07) is 7.57. The zero-order valence-corrected chi connectivity index (χ0v) is 14.1. The fraction of sp³-hybridized carbons (Fsp3) is 0.600. The van der Waals surface area contributed by atoms with E-state index in [1.54, 1.807) is 13.8 Å². The summed E-state index contributed by atoms with van der Waals surface area (Å²) < 4.78 is 48.8. The molecule has 0 amide bonds. The second kappa shape index (κ2) is 6.08. The molecule has 0 saturated heterocycles. The van der Waals surface area contributed by atoms with E-state index in [-0.39, 0.29) is 11.5 Å². The first kappa shape index (κ1) is 16.5. The van der Waals surface area contributed by atoms with Gasteiger partial charge in [-0.2, -0.15) is 0 Å². The van der Waals surface area contributed by atoms with Crippen molar-refractivity contribution in [3.05, 3.63) is 35.4 Å². The van der Waals surface area contributed by atoms with Crippen LogP contribution in [0.15, 0.2) is 24.3 Å². The number of aryl methyl sites for hydroxylation is 1. The molecule has 0 bridgehead atoms. The fourth-order valence-corrected chi connectivity index (χ4v) is 6.45. The minimum Gasteiger partial charge on any atom is -0.229 e. The molecule has 1 aromatic carbocycles. The van der Waals surface area contributed by atoms with Crippen LogP contribution in [0.25, 0.3) is 0 Å². The Labute approximate surface area is 127 Å². The standard InChI is InChI=1S/C15H22O4S2/c1-12(2)20(16,17)10-11-21(18,19)15-9-5-7-13-6-3-4-8-14(13)15/h3-4,6,8,12,15H,5,7,9-11H2,1-2H3/t15-/m1/s1. The van der Waals surface area contributed by atoms with Gasteiger partial charge in [0.1, 0.15) is 0 Å². The van der Waals surface area contributed by atoms with Gasteiger partial charge in [-0.15, -0.1) is 0 Å². The number of hydrogen-bond acceptors (Lipinski definition) is 4. The maximum atomic E-state index is 12.6. The van der Waals surface area contributed by atoms with Crippen LogP contribution in [0, 0.1) is 0 Å². The molecular weight excluding hydrogens is 308 g/mol. The lowest BCUT2D eigenvalue weighted by atomic mass is 9.91. The highest BCUT2D eigenvalue weighted by atomic mass is 32.2. The highest BCUT2D eigenvalue weighted by Crippen LogP contribution is 2.35. The molecule has 0 heterocycles. The second-order valence-electron chi connectivity index (χ2n) is 5.86. The molecular formula is C15H22O4S2. The molecule has 0 radical (unpaired) electrons. The van der Waals surface area contributed by atoms with Gasteiger partial charge in [0.2, 0.25) is 0 Å². The van der Waals surface area contributed by atoms with E-state index in [0.29, 0.717) is 6.42 Å². The summed E-state index contributed by atoms with van der Waals surface area (Å²) >= 11 is 0. The Balaban J connectivity index is 2.22. The molecule has 21 heavy (non-hydrogen) atoms. The van der Waals surface area contributed by atoms with Crippen LogP contribution in [-0.2, 0) is 26.1 Å². The lowest BCUT2D eigenvalue weighted by molar-refractivity contribution is 0.558. The van der Waals surface area contributed by atoms with Crippen molar-refractivity contribution in [2.75, 3.05) is 11.5 Å². The largest absolute Gasteiger partial charge is 0.229 e. The quantitative estimate of drug-likeness (QED) is 0.831. The normalized spacial score (nSPS) is 19.5. The van der Waals surface area contributed by atoms with E-state index in [4.69, 9.17) is 0 Å². The topological polar surface area (TPSA) is 68.3 Å². The van der Waals surface area contributed by atoms with Crippen molar-refractivity contribution < 1.29 is 16.8 Å². The SMILES string of the molecule is CC(C)S(=O)(=O)CCS(=O)(=O)[C@@H]1CCCc2ccccc21. The van der Waals surface area contributed by atoms with E-state index in [0.717, 1.165) is 24.0 Å². The van der Waals surface area contributed by atoms with Crippen LogP contribution in [0.2, 0.25) is 0 Å². The van der Waals surface area contributed by atoms with Crippen LogP contribution in [-0.4, -0.2) is 33.6 Å². The first-order valence-corrected chi connectivity index (χ1v) is 10.7. The van der Waals surface area contributed by atoms with Crippen molar-refractivity contribution in [2.45, 2.75) is 43.6 Å². The third-order valence-corrected chi connectivity index (χ3v) is 8.72. The molecule has 1 atom stereocenters. The molecule has 0 aliphatic heterocycles. The van der Waals surface area contributed by atoms with Gasteiger partial charge in [0.05, 0.1) is 22.0 Å². The molecule has 0 spiro atoms. The first-order chi connectivity index (χ1) is 9.74. The maximum Gasteiger partial charge on any atom is 0.158 e. The number of fused-ring (bicyclic) bond motifs is 1. The zero-order valence-electron chi connectivity index (χ0n) is 12.4. The van der Waals surface area contributed by atoms with Gasteiger partial charge >= 0.3 is 0 Å². The van der Waals surface area contributed by atoms with Gasteiger partial charge in [0, 0.05) is 0 Å². The summed E-state index contributed by atoms with van der Waals surface area (Å²) in [5.41, 5.74) is 1.93. The van der Waals surface area contributed by atoms with E-state index in [1.807, 2.05) is 24.3 Å². The van der Waals surface area contributed by atoms with Crippen molar-refractivity contribution in [3.8, 4) is 0 Å². The molecule has 1 aliphatic carbocycles. The van der Waals surface area contributed by atoms with Crippen molar-refractivity contribution in [2.24, 2.45) is 0 Å². The van der Waals surface area contributed by atoms with E-state index in [9.17, 15) is 16.8 Å². The average molecular weight is 330 g/mol. The van der Waals surface area contributed by atoms with Gasteiger partial charge in [-0.25, -0.2) is 16.8 Å². The summed E-state index contributed by atoms with van der Waals surface area (Å²) in [4.78, 5) is 0. The minimum atomic E-state index is -3.44. The van der Waals surface area contributed by atoms with Crippen molar-refractivity contribution >= 4 is 19.7 Å². The predicted molar refractivity (Wildman–Crippen MR) is 84.8 cm³/mol. The first-order valence-electron chi connectivity index (χ1n) is 7.25. The van der Waals surface area contributed by atoms with Crippen LogP contribution in [0.3, 0.4) is 0 Å². The van der Waals surface area contributed by atoms with Gasteiger partial charge in [0.25, 0.3) is 0 Å². The molecule has 0 fully saturated rings. The minimum absolute atomic E-state index is 0.285.